The molecule has 0 aliphatic carbocycles. The molecule has 24 heavy (non-hydrogen) atoms. The van der Waals surface area contributed by atoms with Crippen molar-refractivity contribution < 1.29 is 7.65 Å². The van der Waals surface area contributed by atoms with Crippen LogP contribution in [0.2, 0.25) is 0 Å². The predicted octanol–water partition coefficient (Wildman–Crippen LogP) is 3.55. The highest BCUT2D eigenvalue weighted by atomic mass is 16.1. The molecule has 0 atom stereocenters. The Kier molecular flexibility index (Phi) is 3.51. The van der Waals surface area contributed by atoms with Gasteiger partial charge in [0.05, 0.1) is 12.4 Å². The van der Waals surface area contributed by atoms with Gasteiger partial charge in [-0.15, -0.1) is 0 Å². The van der Waals surface area contributed by atoms with E-state index < -0.39 is 0 Å². The molecule has 4 rings (SSSR count). The van der Waals surface area contributed by atoms with Gasteiger partial charge in [-0.25, -0.2) is 0 Å². The summed E-state index contributed by atoms with van der Waals surface area (Å²) >= 11 is 0. The summed E-state index contributed by atoms with van der Waals surface area (Å²) in [6.45, 7) is 0. The second-order valence-electron chi connectivity index (χ2n) is 5.40. The van der Waals surface area contributed by atoms with Crippen LogP contribution in [0.25, 0.3) is 0 Å². The molecule has 2 N–H and O–H groups in total. The number of hydrogen-bond donors (Lipinski definition) is 2. The molecule has 2 aromatic carbocycles. The van der Waals surface area contributed by atoms with Crippen LogP contribution in [0.5, 0.6) is 0 Å². The van der Waals surface area contributed by atoms with E-state index in [9.17, 15) is 4.79 Å². The van der Waals surface area contributed by atoms with Crippen LogP contribution in [0, 0.1) is 0 Å². The summed E-state index contributed by atoms with van der Waals surface area (Å²) < 4.78 is 0. The number of nitrogens with one attached hydrogen (secondary N) is 2. The van der Waals surface area contributed by atoms with Crippen molar-refractivity contribution in [3.8, 4) is 0 Å². The minimum atomic E-state index is -0.197. The monoisotopic (exact) mass is 316 g/mol. The van der Waals surface area contributed by atoms with E-state index in [1.807, 2.05) is 48.5 Å². The zero-order valence-electron chi connectivity index (χ0n) is 14.7. The Hall–Kier alpha value is -3.47. The third-order valence-electron chi connectivity index (χ3n) is 3.78. The van der Waals surface area contributed by atoms with Crippen molar-refractivity contribution in [1.29, 1.82) is 0 Å². The first-order valence-corrected chi connectivity index (χ1v) is 7.55. The fourth-order valence-electron chi connectivity index (χ4n) is 2.56. The number of benzene rings is 2. The van der Waals surface area contributed by atoms with Gasteiger partial charge in [0.1, 0.15) is 11.4 Å². The molecule has 0 unspecified atom stereocenters. The van der Waals surface area contributed by atoms with Gasteiger partial charge in [0.15, 0.2) is 0 Å². The van der Waals surface area contributed by atoms with Gasteiger partial charge in [0.25, 0.3) is 0 Å². The van der Waals surface area contributed by atoms with Crippen molar-refractivity contribution >= 4 is 29.6 Å². The molecule has 2 aliphatic rings. The molecule has 0 saturated carbocycles. The molecular formula is C19H16N4O+2. The summed E-state index contributed by atoms with van der Waals surface area (Å²) in [5.74, 6) is -0.197. The molecule has 0 radical (unpaired) electrons. The summed E-state index contributed by atoms with van der Waals surface area (Å²) in [6, 6.07) is 15.4. The second-order valence-corrected chi connectivity index (χ2v) is 5.40. The van der Waals surface area contributed by atoms with Crippen LogP contribution in [0.1, 0.15) is 14.0 Å². The van der Waals surface area contributed by atoms with E-state index in [2.05, 4.69) is 20.6 Å². The fraction of sp³-hybridized carbons (Fsp3) is 0. The minimum absolute atomic E-state index is 0. The Morgan fingerprint density at radius 2 is 1.21 bits per heavy atom. The highest BCUT2D eigenvalue weighted by Crippen LogP contribution is 2.23. The largest absolute Gasteiger partial charge is 1.00 e. The second kappa shape index (κ2) is 5.96. The van der Waals surface area contributed by atoms with Gasteiger partial charge in [-0.3, -0.25) is 14.8 Å². The normalized spacial score (nSPS) is 14.8. The molecule has 5 nitrogen and oxygen atoms in total. The van der Waals surface area contributed by atoms with Gasteiger partial charge in [0.2, 0.25) is 5.78 Å². The SMILES string of the molecule is O=C(C1=CN=Cc2ccccc2N1)C1=CN=Cc2ccccc2N1.[H+].[H+]. The first kappa shape index (κ1) is 14.1. The zero-order valence-corrected chi connectivity index (χ0v) is 12.7. The van der Waals surface area contributed by atoms with Gasteiger partial charge in [0, 0.05) is 34.9 Å². The lowest BCUT2D eigenvalue weighted by molar-refractivity contribution is -0.112. The van der Waals surface area contributed by atoms with Crippen LogP contribution in [-0.4, -0.2) is 18.2 Å². The Bertz CT molecular complexity index is 873. The summed E-state index contributed by atoms with van der Waals surface area (Å²) in [4.78, 5) is 21.3. The van der Waals surface area contributed by atoms with E-state index in [1.165, 1.54) is 12.4 Å². The molecule has 5 heteroatoms. The van der Waals surface area contributed by atoms with Crippen molar-refractivity contribution in [2.24, 2.45) is 9.98 Å². The number of fused-ring (bicyclic) bond motifs is 2. The molecule has 2 aromatic rings. The highest BCUT2D eigenvalue weighted by molar-refractivity contribution is 6.13. The smallest absolute Gasteiger partial charge is 0.350 e. The van der Waals surface area contributed by atoms with Gasteiger partial charge in [-0.05, 0) is 12.1 Å². The minimum Gasteiger partial charge on any atom is -0.350 e. The molecule has 0 aromatic heterocycles. The zero-order chi connectivity index (χ0) is 16.4. The van der Waals surface area contributed by atoms with Gasteiger partial charge in [-0.2, -0.15) is 0 Å². The average Bonchev–Trinajstić information content (AvgIpc) is 2.96. The number of anilines is 2. The van der Waals surface area contributed by atoms with E-state index in [4.69, 9.17) is 0 Å². The average molecular weight is 316 g/mol. The van der Waals surface area contributed by atoms with E-state index >= 15 is 0 Å². The predicted molar refractivity (Wildman–Crippen MR) is 98.7 cm³/mol. The van der Waals surface area contributed by atoms with Crippen molar-refractivity contribution in [2.75, 3.05) is 10.6 Å². The molecule has 0 bridgehead atoms. The number of para-hydroxylation sites is 2. The molecule has 0 spiro atoms. The topological polar surface area (TPSA) is 65.8 Å². The van der Waals surface area contributed by atoms with Gasteiger partial charge >= 0.3 is 2.85 Å². The molecule has 2 heterocycles. The molecule has 0 saturated heterocycles. The third kappa shape index (κ3) is 2.63. The lowest BCUT2D eigenvalue weighted by Gasteiger charge is -2.13. The molecule has 0 amide bonds. The van der Waals surface area contributed by atoms with Crippen LogP contribution in [0.3, 0.4) is 0 Å². The Morgan fingerprint density at radius 1 is 0.750 bits per heavy atom. The van der Waals surface area contributed by atoms with Gasteiger partial charge in [-0.1, -0.05) is 36.4 Å². The van der Waals surface area contributed by atoms with Crippen LogP contribution < -0.4 is 10.6 Å². The maximum Gasteiger partial charge on any atom is 1.00 e. The summed E-state index contributed by atoms with van der Waals surface area (Å²) in [5, 5.41) is 6.31. The lowest BCUT2D eigenvalue weighted by Crippen LogP contribution is -2.18. The van der Waals surface area contributed by atoms with E-state index in [0.717, 1.165) is 22.5 Å². The summed E-state index contributed by atoms with van der Waals surface area (Å²) in [5.41, 5.74) is 4.34. The number of ketones is 1. The Morgan fingerprint density at radius 3 is 1.71 bits per heavy atom. The first-order valence-electron chi connectivity index (χ1n) is 7.55. The fourth-order valence-corrected chi connectivity index (χ4v) is 2.56. The number of hydrogen-bond acceptors (Lipinski definition) is 5. The summed E-state index contributed by atoms with van der Waals surface area (Å²) in [6.07, 6.45) is 6.52. The molecule has 116 valence electrons. The van der Waals surface area contributed by atoms with Crippen LogP contribution in [-0.2, 0) is 4.79 Å². The molecule has 0 fully saturated rings. The van der Waals surface area contributed by atoms with Crippen molar-refractivity contribution in [2.45, 2.75) is 0 Å². The summed E-state index contributed by atoms with van der Waals surface area (Å²) in [7, 11) is 0. The van der Waals surface area contributed by atoms with Crippen molar-refractivity contribution in [3.63, 3.8) is 0 Å². The highest BCUT2D eigenvalue weighted by Gasteiger charge is 2.19. The standard InChI is InChI=1S/C19H14N4O/c24-19(17-11-20-9-13-5-1-3-7-15(13)22-17)18-12-21-10-14-6-2-4-8-16(14)23-18/h1-12,22-23H/p+2. The third-order valence-corrected chi connectivity index (χ3v) is 3.78. The molecular weight excluding hydrogens is 300 g/mol. The molecule has 2 aliphatic heterocycles. The van der Waals surface area contributed by atoms with Crippen LogP contribution in [0.15, 0.2) is 82.3 Å². The van der Waals surface area contributed by atoms with E-state index in [-0.39, 0.29) is 8.64 Å². The van der Waals surface area contributed by atoms with E-state index in [1.54, 1.807) is 12.4 Å². The maximum absolute atomic E-state index is 12.9. The number of nitrogens with zero attached hydrogens (tertiary/aromatic N) is 2. The first-order chi connectivity index (χ1) is 11.8. The maximum atomic E-state index is 12.9. The number of carbonyl (C=O) groups excluding carboxylic acids is 1. The number of Topliss-reactive ketones (excluding diaryl/α,β-unsaturated/α-hetero) is 1. The number of carbonyl (C=O) groups is 1. The number of rotatable bonds is 2. The van der Waals surface area contributed by atoms with Crippen molar-refractivity contribution in [1.82, 2.24) is 0 Å². The quantitative estimate of drug-likeness (QED) is 0.890. The van der Waals surface area contributed by atoms with E-state index in [0.29, 0.717) is 11.4 Å². The van der Waals surface area contributed by atoms with Crippen LogP contribution in [0.4, 0.5) is 11.4 Å². The van der Waals surface area contributed by atoms with Crippen molar-refractivity contribution in [3.05, 3.63) is 83.5 Å². The van der Waals surface area contributed by atoms with Crippen LogP contribution >= 0.6 is 0 Å². The lowest BCUT2D eigenvalue weighted by atomic mass is 10.1. The Labute approximate surface area is 142 Å². The number of aliphatic imine (C=N–C) groups is 2. The van der Waals surface area contributed by atoms with Gasteiger partial charge < -0.3 is 10.6 Å². The Balaban J connectivity index is 0.00000121.